The second kappa shape index (κ2) is 9.17. The summed E-state index contributed by atoms with van der Waals surface area (Å²) in [7, 11) is 1.62. The maximum Gasteiger partial charge on any atom is 0.244 e. The van der Waals surface area contributed by atoms with Gasteiger partial charge in [-0.05, 0) is 43.7 Å². The first-order valence-corrected chi connectivity index (χ1v) is 9.61. The molecule has 29 heavy (non-hydrogen) atoms. The molecule has 0 aliphatic carbocycles. The number of rotatable bonds is 9. The zero-order valence-corrected chi connectivity index (χ0v) is 16.3. The van der Waals surface area contributed by atoms with Gasteiger partial charge in [-0.15, -0.1) is 0 Å². The molecular weight excluding hydrogens is 376 g/mol. The van der Waals surface area contributed by atoms with Crippen molar-refractivity contribution in [3.05, 3.63) is 47.9 Å². The average Bonchev–Trinajstić information content (AvgIpc) is 3.49. The third-order valence-corrected chi connectivity index (χ3v) is 4.86. The minimum absolute atomic E-state index is 0.0217. The number of hydrogen-bond acceptors (Lipinski definition) is 9. The van der Waals surface area contributed by atoms with Crippen molar-refractivity contribution in [3.63, 3.8) is 0 Å². The maximum atomic E-state index is 9.18. The molecule has 0 amide bonds. The summed E-state index contributed by atoms with van der Waals surface area (Å²) < 4.78 is 21.9. The normalized spacial score (nSPS) is 17.1. The molecular formula is C20H24N4O5. The van der Waals surface area contributed by atoms with Gasteiger partial charge in [-0.2, -0.15) is 4.98 Å². The molecule has 0 unspecified atom stereocenters. The molecule has 0 bridgehead atoms. The van der Waals surface area contributed by atoms with Gasteiger partial charge in [-0.1, -0.05) is 5.16 Å². The molecule has 1 aliphatic heterocycles. The van der Waals surface area contributed by atoms with E-state index >= 15 is 0 Å². The molecule has 0 radical (unpaired) electrons. The zero-order chi connectivity index (χ0) is 20.1. The predicted molar refractivity (Wildman–Crippen MR) is 102 cm³/mol. The third-order valence-electron chi connectivity index (χ3n) is 4.86. The fourth-order valence-electron chi connectivity index (χ4n) is 3.47. The number of pyridine rings is 1. The van der Waals surface area contributed by atoms with E-state index in [2.05, 4.69) is 20.0 Å². The summed E-state index contributed by atoms with van der Waals surface area (Å²) in [5.41, 5.74) is 0.682. The van der Waals surface area contributed by atoms with Gasteiger partial charge in [-0.3, -0.25) is 4.90 Å². The smallest absolute Gasteiger partial charge is 0.244 e. The van der Waals surface area contributed by atoms with E-state index in [1.165, 1.54) is 0 Å². The molecule has 1 fully saturated rings. The highest BCUT2D eigenvalue weighted by atomic mass is 16.5. The molecule has 154 valence electrons. The molecule has 1 atom stereocenters. The van der Waals surface area contributed by atoms with Gasteiger partial charge in [0.1, 0.15) is 24.7 Å². The Bertz CT molecular complexity index is 925. The lowest BCUT2D eigenvalue weighted by Crippen LogP contribution is -2.22. The molecule has 1 N–H and O–H groups in total. The highest BCUT2D eigenvalue weighted by Crippen LogP contribution is 2.34. The average molecular weight is 400 g/mol. The van der Waals surface area contributed by atoms with E-state index in [1.807, 2.05) is 18.2 Å². The standard InChI is InChI=1S/C20H24N4O5/c1-26-10-11-27-19-16(4-2-8-21-19)18-22-20(29-23-18)17-5-3-9-24(17)12-14-6-7-15(13-25)28-14/h2,4,6-8,17,25H,3,5,9-13H2,1H3/t17-/m0/s1. The van der Waals surface area contributed by atoms with Gasteiger partial charge in [0.05, 0.1) is 24.8 Å². The van der Waals surface area contributed by atoms with Crippen molar-refractivity contribution in [2.24, 2.45) is 0 Å². The van der Waals surface area contributed by atoms with Crippen LogP contribution in [-0.2, 0) is 17.9 Å². The summed E-state index contributed by atoms with van der Waals surface area (Å²) in [5, 5.41) is 13.3. The first-order valence-electron chi connectivity index (χ1n) is 9.61. The molecule has 4 heterocycles. The van der Waals surface area contributed by atoms with Gasteiger partial charge >= 0.3 is 0 Å². The SMILES string of the molecule is COCCOc1ncccc1-c1noc([C@@H]2CCCN2Cc2ccc(CO)o2)n1. The quantitative estimate of drug-likeness (QED) is 0.542. The number of aromatic nitrogens is 3. The summed E-state index contributed by atoms with van der Waals surface area (Å²) >= 11 is 0. The first kappa shape index (κ1) is 19.6. The largest absolute Gasteiger partial charge is 0.475 e. The van der Waals surface area contributed by atoms with Crippen molar-refractivity contribution in [2.75, 3.05) is 26.9 Å². The third kappa shape index (κ3) is 4.47. The predicted octanol–water partition coefficient (Wildman–Crippen LogP) is 2.58. The van der Waals surface area contributed by atoms with Crippen molar-refractivity contribution in [1.29, 1.82) is 0 Å². The molecule has 3 aromatic rings. The van der Waals surface area contributed by atoms with Crippen LogP contribution in [0.2, 0.25) is 0 Å². The highest BCUT2D eigenvalue weighted by molar-refractivity contribution is 5.60. The van der Waals surface area contributed by atoms with Gasteiger partial charge in [0.2, 0.25) is 17.6 Å². The summed E-state index contributed by atoms with van der Waals surface area (Å²) in [5.74, 6) is 2.84. The van der Waals surface area contributed by atoms with E-state index in [0.29, 0.717) is 48.7 Å². The summed E-state index contributed by atoms with van der Waals surface area (Å²) in [6.07, 6.45) is 3.63. The van der Waals surface area contributed by atoms with E-state index in [-0.39, 0.29) is 12.6 Å². The Hall–Kier alpha value is -2.75. The van der Waals surface area contributed by atoms with Crippen LogP contribution in [0, 0.1) is 0 Å². The lowest BCUT2D eigenvalue weighted by atomic mass is 10.2. The van der Waals surface area contributed by atoms with Gasteiger partial charge in [0.25, 0.3) is 0 Å². The number of methoxy groups -OCH3 is 1. The van der Waals surface area contributed by atoms with Crippen LogP contribution in [0.5, 0.6) is 5.88 Å². The topological polar surface area (TPSA) is 107 Å². The Balaban J connectivity index is 1.49. The lowest BCUT2D eigenvalue weighted by molar-refractivity contribution is 0.144. The minimum Gasteiger partial charge on any atom is -0.475 e. The number of likely N-dealkylation sites (tertiary alicyclic amines) is 1. The van der Waals surface area contributed by atoms with Crippen LogP contribution < -0.4 is 4.74 Å². The Labute approximate surface area is 168 Å². The summed E-state index contributed by atoms with van der Waals surface area (Å²) in [6, 6.07) is 7.37. The van der Waals surface area contributed by atoms with Crippen LogP contribution >= 0.6 is 0 Å². The van der Waals surface area contributed by atoms with E-state index in [0.717, 1.165) is 25.1 Å². The van der Waals surface area contributed by atoms with Gasteiger partial charge < -0.3 is 23.5 Å². The van der Waals surface area contributed by atoms with Crippen molar-refractivity contribution < 1.29 is 23.5 Å². The molecule has 9 nitrogen and oxygen atoms in total. The number of hydrogen-bond donors (Lipinski definition) is 1. The van der Waals surface area contributed by atoms with Crippen LogP contribution in [0.15, 0.2) is 39.4 Å². The maximum absolute atomic E-state index is 9.18. The minimum atomic E-state index is -0.101. The van der Waals surface area contributed by atoms with E-state index in [9.17, 15) is 5.11 Å². The van der Waals surface area contributed by atoms with Crippen molar-refractivity contribution >= 4 is 0 Å². The molecule has 1 aliphatic rings. The fraction of sp³-hybridized carbons (Fsp3) is 0.450. The zero-order valence-electron chi connectivity index (χ0n) is 16.3. The molecule has 3 aromatic heterocycles. The second-order valence-electron chi connectivity index (χ2n) is 6.81. The number of nitrogens with zero attached hydrogens (tertiary/aromatic N) is 4. The van der Waals surface area contributed by atoms with E-state index < -0.39 is 0 Å². The lowest BCUT2D eigenvalue weighted by Gasteiger charge is -2.19. The fourth-order valence-corrected chi connectivity index (χ4v) is 3.47. The molecule has 0 spiro atoms. The van der Waals surface area contributed by atoms with E-state index in [1.54, 1.807) is 19.4 Å². The Kier molecular flexibility index (Phi) is 6.18. The van der Waals surface area contributed by atoms with Crippen molar-refractivity contribution in [2.45, 2.75) is 32.0 Å². The summed E-state index contributed by atoms with van der Waals surface area (Å²) in [4.78, 5) is 11.1. The molecule has 0 aromatic carbocycles. The van der Waals surface area contributed by atoms with Crippen LogP contribution in [-0.4, -0.2) is 52.0 Å². The molecule has 4 rings (SSSR count). The van der Waals surface area contributed by atoms with Crippen LogP contribution in [0.25, 0.3) is 11.4 Å². The number of aliphatic hydroxyl groups is 1. The molecule has 9 heteroatoms. The van der Waals surface area contributed by atoms with Crippen LogP contribution in [0.1, 0.15) is 36.3 Å². The second-order valence-corrected chi connectivity index (χ2v) is 6.81. The number of furan rings is 1. The highest BCUT2D eigenvalue weighted by Gasteiger charge is 2.31. The van der Waals surface area contributed by atoms with Crippen LogP contribution in [0.3, 0.4) is 0 Å². The van der Waals surface area contributed by atoms with Gasteiger partial charge in [-0.25, -0.2) is 4.98 Å². The number of aliphatic hydroxyl groups excluding tert-OH is 1. The Morgan fingerprint density at radius 2 is 2.14 bits per heavy atom. The first-order chi connectivity index (χ1) is 14.3. The Morgan fingerprint density at radius 1 is 1.24 bits per heavy atom. The van der Waals surface area contributed by atoms with Gasteiger partial charge in [0.15, 0.2) is 0 Å². The molecule has 0 saturated carbocycles. The van der Waals surface area contributed by atoms with Crippen molar-refractivity contribution in [3.8, 4) is 17.3 Å². The molecule has 1 saturated heterocycles. The summed E-state index contributed by atoms with van der Waals surface area (Å²) in [6.45, 7) is 2.29. The van der Waals surface area contributed by atoms with Crippen LogP contribution in [0.4, 0.5) is 0 Å². The Morgan fingerprint density at radius 3 is 2.97 bits per heavy atom. The number of ether oxygens (including phenoxy) is 2. The van der Waals surface area contributed by atoms with Gasteiger partial charge in [0, 0.05) is 13.3 Å². The van der Waals surface area contributed by atoms with E-state index in [4.69, 9.17) is 18.4 Å². The van der Waals surface area contributed by atoms with Crippen molar-refractivity contribution in [1.82, 2.24) is 20.0 Å². The monoisotopic (exact) mass is 400 g/mol.